The van der Waals surface area contributed by atoms with E-state index in [4.69, 9.17) is 4.74 Å². The van der Waals surface area contributed by atoms with E-state index in [9.17, 15) is 19.2 Å². The van der Waals surface area contributed by atoms with Gasteiger partial charge in [0.25, 0.3) is 5.91 Å². The Morgan fingerprint density at radius 2 is 1.94 bits per heavy atom. The van der Waals surface area contributed by atoms with Gasteiger partial charge in [-0.25, -0.2) is 9.59 Å². The summed E-state index contributed by atoms with van der Waals surface area (Å²) in [5.41, 5.74) is 0.883. The van der Waals surface area contributed by atoms with E-state index in [1.165, 1.54) is 7.11 Å². The highest BCUT2D eigenvalue weighted by Crippen LogP contribution is 2.33. The van der Waals surface area contributed by atoms with Crippen LogP contribution in [0.15, 0.2) is 30.5 Å². The Morgan fingerprint density at radius 3 is 2.68 bits per heavy atom. The highest BCUT2D eigenvalue weighted by molar-refractivity contribution is 6.09. The second kappa shape index (κ2) is 8.41. The fraction of sp³-hybridized carbons (Fsp3) is 0.455. The van der Waals surface area contributed by atoms with Crippen LogP contribution in [0.4, 0.5) is 4.79 Å². The minimum Gasteiger partial charge on any atom is -0.467 e. The molecule has 2 aliphatic rings. The van der Waals surface area contributed by atoms with Crippen molar-refractivity contribution < 1.29 is 23.9 Å². The molecule has 4 rings (SSSR count). The Hall–Kier alpha value is -3.36. The van der Waals surface area contributed by atoms with Gasteiger partial charge in [-0.15, -0.1) is 0 Å². The number of amides is 4. The van der Waals surface area contributed by atoms with Crippen molar-refractivity contribution in [2.24, 2.45) is 0 Å². The van der Waals surface area contributed by atoms with Gasteiger partial charge in [-0.3, -0.25) is 14.5 Å². The number of hydrogen-bond acceptors (Lipinski definition) is 5. The summed E-state index contributed by atoms with van der Waals surface area (Å²) in [4.78, 5) is 54.3. The maximum Gasteiger partial charge on any atom is 0.328 e. The summed E-state index contributed by atoms with van der Waals surface area (Å²) < 4.78 is 4.85. The fourth-order valence-electron chi connectivity index (χ4n) is 4.55. The molecule has 9 heteroatoms. The largest absolute Gasteiger partial charge is 0.467 e. The van der Waals surface area contributed by atoms with Crippen LogP contribution in [0.3, 0.4) is 0 Å². The molecule has 1 saturated carbocycles. The quantitative estimate of drug-likeness (QED) is 0.479. The average Bonchev–Trinajstić information content (AvgIpc) is 3.28. The number of imide groups is 1. The molecule has 0 radical (unpaired) electrons. The molecule has 2 fully saturated rings. The van der Waals surface area contributed by atoms with Gasteiger partial charge in [-0.2, -0.15) is 0 Å². The zero-order valence-corrected chi connectivity index (χ0v) is 17.4. The van der Waals surface area contributed by atoms with Crippen molar-refractivity contribution in [1.29, 1.82) is 0 Å². The number of para-hydroxylation sites is 1. The van der Waals surface area contributed by atoms with E-state index < -0.39 is 36.0 Å². The maximum absolute atomic E-state index is 12.9. The van der Waals surface area contributed by atoms with Crippen molar-refractivity contribution >= 4 is 34.7 Å². The van der Waals surface area contributed by atoms with Gasteiger partial charge in [0.2, 0.25) is 5.91 Å². The van der Waals surface area contributed by atoms with Gasteiger partial charge in [0.1, 0.15) is 18.1 Å². The van der Waals surface area contributed by atoms with Crippen LogP contribution in [0.5, 0.6) is 0 Å². The van der Waals surface area contributed by atoms with Crippen molar-refractivity contribution in [3.63, 3.8) is 0 Å². The predicted octanol–water partition coefficient (Wildman–Crippen LogP) is 1.62. The van der Waals surface area contributed by atoms with E-state index in [0.717, 1.165) is 40.6 Å². The summed E-state index contributed by atoms with van der Waals surface area (Å²) in [6, 6.07) is 6.13. The third-order valence-corrected chi connectivity index (χ3v) is 6.17. The summed E-state index contributed by atoms with van der Waals surface area (Å²) in [6.07, 6.45) is 5.92. The van der Waals surface area contributed by atoms with E-state index in [0.29, 0.717) is 12.8 Å². The molecule has 1 spiro atoms. The second-order valence-electron chi connectivity index (χ2n) is 8.17. The number of aromatic nitrogens is 1. The van der Waals surface area contributed by atoms with Crippen molar-refractivity contribution in [2.45, 2.75) is 50.1 Å². The van der Waals surface area contributed by atoms with Crippen molar-refractivity contribution in [2.75, 3.05) is 13.7 Å². The van der Waals surface area contributed by atoms with Crippen LogP contribution >= 0.6 is 0 Å². The summed E-state index contributed by atoms with van der Waals surface area (Å²) in [5, 5.41) is 6.35. The van der Waals surface area contributed by atoms with Crippen LogP contribution in [-0.2, 0) is 25.5 Å². The summed E-state index contributed by atoms with van der Waals surface area (Å²) in [7, 11) is 1.25. The molecule has 9 nitrogen and oxygen atoms in total. The van der Waals surface area contributed by atoms with Crippen molar-refractivity contribution in [3.05, 3.63) is 36.0 Å². The molecule has 164 valence electrons. The first kappa shape index (κ1) is 20.9. The maximum atomic E-state index is 12.9. The standard InChI is InChI=1S/C22H26N4O5/c1-31-19(28)17(11-14-12-23-16-8-4-3-7-15(14)16)24-18(27)13-26-20(29)22(25-21(26)30)9-5-2-6-10-22/h3-4,7-8,12,17,23H,2,5-6,9-11,13H2,1H3,(H,24,27)(H,25,30)/t17-/m1/s1. The number of ether oxygens (including phenoxy) is 1. The molecule has 0 unspecified atom stereocenters. The number of nitrogens with one attached hydrogen (secondary N) is 3. The van der Waals surface area contributed by atoms with Crippen LogP contribution in [0, 0.1) is 0 Å². The molecule has 0 bridgehead atoms. The van der Waals surface area contributed by atoms with E-state index in [1.54, 1.807) is 6.20 Å². The molecule has 1 atom stereocenters. The van der Waals surface area contributed by atoms with Gasteiger partial charge < -0.3 is 20.4 Å². The summed E-state index contributed by atoms with van der Waals surface area (Å²) in [6.45, 7) is -0.437. The third-order valence-electron chi connectivity index (χ3n) is 6.17. The van der Waals surface area contributed by atoms with Crippen LogP contribution < -0.4 is 10.6 Å². The first-order valence-corrected chi connectivity index (χ1v) is 10.5. The molecule has 31 heavy (non-hydrogen) atoms. The Labute approximate surface area is 179 Å². The minimum atomic E-state index is -0.943. The lowest BCUT2D eigenvalue weighted by Crippen LogP contribution is -2.50. The van der Waals surface area contributed by atoms with Crippen molar-refractivity contribution in [1.82, 2.24) is 20.5 Å². The number of H-pyrrole nitrogens is 1. The summed E-state index contributed by atoms with van der Waals surface area (Å²) in [5.74, 6) is -1.55. The monoisotopic (exact) mass is 426 g/mol. The molecule has 1 aliphatic carbocycles. The van der Waals surface area contributed by atoms with Crippen LogP contribution in [-0.4, -0.2) is 58.9 Å². The lowest BCUT2D eigenvalue weighted by atomic mass is 9.82. The first-order chi connectivity index (χ1) is 14.9. The van der Waals surface area contributed by atoms with Crippen LogP contribution in [0.25, 0.3) is 10.9 Å². The van der Waals surface area contributed by atoms with Gasteiger partial charge in [0.15, 0.2) is 0 Å². The average molecular weight is 426 g/mol. The van der Waals surface area contributed by atoms with Crippen molar-refractivity contribution in [3.8, 4) is 0 Å². The Morgan fingerprint density at radius 1 is 1.19 bits per heavy atom. The molecule has 1 aromatic carbocycles. The molecule has 1 aliphatic heterocycles. The highest BCUT2D eigenvalue weighted by Gasteiger charge is 2.51. The van der Waals surface area contributed by atoms with Crippen LogP contribution in [0.1, 0.15) is 37.7 Å². The SMILES string of the molecule is COC(=O)[C@@H](Cc1c[nH]c2ccccc12)NC(=O)CN1C(=O)NC2(CCCCC2)C1=O. The number of aromatic amines is 1. The number of carbonyl (C=O) groups excluding carboxylic acids is 4. The predicted molar refractivity (Wildman–Crippen MR) is 112 cm³/mol. The number of urea groups is 1. The number of methoxy groups -OCH3 is 1. The first-order valence-electron chi connectivity index (χ1n) is 10.5. The second-order valence-corrected chi connectivity index (χ2v) is 8.17. The van der Waals surface area contributed by atoms with Gasteiger partial charge in [-0.1, -0.05) is 37.5 Å². The van der Waals surface area contributed by atoms with Gasteiger partial charge >= 0.3 is 12.0 Å². The Kier molecular flexibility index (Phi) is 5.67. The van der Waals surface area contributed by atoms with E-state index in [-0.39, 0.29) is 12.3 Å². The Balaban J connectivity index is 1.45. The number of rotatable bonds is 6. The topological polar surface area (TPSA) is 121 Å². The number of benzene rings is 1. The Bertz CT molecular complexity index is 1020. The highest BCUT2D eigenvalue weighted by atomic mass is 16.5. The van der Waals surface area contributed by atoms with Gasteiger partial charge in [0, 0.05) is 23.5 Å². The molecule has 4 amide bonds. The lowest BCUT2D eigenvalue weighted by molar-refractivity contribution is -0.145. The lowest BCUT2D eigenvalue weighted by Gasteiger charge is -2.30. The van der Waals surface area contributed by atoms with E-state index in [1.807, 2.05) is 24.3 Å². The smallest absolute Gasteiger partial charge is 0.328 e. The number of esters is 1. The molecule has 1 aromatic heterocycles. The third kappa shape index (κ3) is 3.99. The molecular weight excluding hydrogens is 400 g/mol. The number of hydrogen-bond donors (Lipinski definition) is 3. The van der Waals surface area contributed by atoms with E-state index >= 15 is 0 Å². The van der Waals surface area contributed by atoms with Crippen LogP contribution in [0.2, 0.25) is 0 Å². The fourth-order valence-corrected chi connectivity index (χ4v) is 4.55. The molecule has 2 aromatic rings. The minimum absolute atomic E-state index is 0.215. The molecule has 1 saturated heterocycles. The number of nitrogens with zero attached hydrogens (tertiary/aromatic N) is 1. The zero-order valence-electron chi connectivity index (χ0n) is 17.4. The molecule has 3 N–H and O–H groups in total. The number of carbonyl (C=O) groups is 4. The van der Waals surface area contributed by atoms with Gasteiger partial charge in [0.05, 0.1) is 7.11 Å². The molecule has 2 heterocycles. The normalized spacial score (nSPS) is 18.8. The summed E-state index contributed by atoms with van der Waals surface area (Å²) >= 11 is 0. The molecular formula is C22H26N4O5. The number of fused-ring (bicyclic) bond motifs is 1. The zero-order chi connectivity index (χ0) is 22.0. The van der Waals surface area contributed by atoms with E-state index in [2.05, 4.69) is 15.6 Å². The van der Waals surface area contributed by atoms with Gasteiger partial charge in [-0.05, 0) is 24.5 Å².